The molecule has 0 aromatic rings. The van der Waals surface area contributed by atoms with E-state index in [1.807, 2.05) is 7.11 Å². The average molecular weight is 298 g/mol. The smallest absolute Gasteiger partial charge is 0.0830 e. The lowest BCUT2D eigenvalue weighted by Crippen LogP contribution is -2.53. The van der Waals surface area contributed by atoms with E-state index in [-0.39, 0.29) is 5.60 Å². The summed E-state index contributed by atoms with van der Waals surface area (Å²) in [7, 11) is 1.93. The Morgan fingerprint density at radius 1 is 0.905 bits per heavy atom. The largest absolute Gasteiger partial charge is 0.377 e. The van der Waals surface area contributed by atoms with Crippen LogP contribution in [0.3, 0.4) is 0 Å². The molecule has 0 amide bonds. The fraction of sp³-hybridized carbons (Fsp3) is 1.00. The second-order valence-corrected chi connectivity index (χ2v) is 6.85. The zero-order valence-corrected chi connectivity index (χ0v) is 14.9. The molecular weight excluding hydrogens is 258 g/mol. The van der Waals surface area contributed by atoms with Gasteiger partial charge in [0.25, 0.3) is 0 Å². The lowest BCUT2D eigenvalue weighted by Gasteiger charge is -2.43. The van der Waals surface area contributed by atoms with E-state index in [1.54, 1.807) is 0 Å². The molecule has 0 saturated heterocycles. The van der Waals surface area contributed by atoms with Crippen LogP contribution >= 0.6 is 0 Å². The number of nitrogens with one attached hydrogen (secondary N) is 1. The fourth-order valence-electron chi connectivity index (χ4n) is 3.95. The molecule has 0 aromatic carbocycles. The van der Waals surface area contributed by atoms with Crippen molar-refractivity contribution in [3.8, 4) is 0 Å². The highest BCUT2D eigenvalue weighted by Crippen LogP contribution is 2.35. The van der Waals surface area contributed by atoms with Gasteiger partial charge in [0.05, 0.1) is 5.60 Å². The zero-order valence-electron chi connectivity index (χ0n) is 14.9. The molecule has 1 N–H and O–H groups in total. The van der Waals surface area contributed by atoms with Crippen molar-refractivity contribution in [2.75, 3.05) is 13.7 Å². The molecule has 1 saturated carbocycles. The standard InChI is InChI=1S/C19H39NO/c1-4-6-7-8-9-10-12-15-18(20-5-2)19(21-3)16-13-11-14-17-19/h18,20H,4-17H2,1-3H3. The number of hydrogen-bond acceptors (Lipinski definition) is 2. The minimum absolute atomic E-state index is 0.121. The maximum absolute atomic E-state index is 6.04. The van der Waals surface area contributed by atoms with Crippen LogP contribution < -0.4 is 5.32 Å². The minimum Gasteiger partial charge on any atom is -0.377 e. The summed E-state index contributed by atoms with van der Waals surface area (Å²) in [6, 6.07) is 0.559. The summed E-state index contributed by atoms with van der Waals surface area (Å²) < 4.78 is 6.04. The summed E-state index contributed by atoms with van der Waals surface area (Å²) in [6.45, 7) is 5.57. The lowest BCUT2D eigenvalue weighted by atomic mass is 9.77. The molecule has 1 fully saturated rings. The Morgan fingerprint density at radius 2 is 1.52 bits per heavy atom. The fourth-order valence-corrected chi connectivity index (χ4v) is 3.95. The molecule has 0 bridgehead atoms. The predicted molar refractivity (Wildman–Crippen MR) is 92.9 cm³/mol. The summed E-state index contributed by atoms with van der Waals surface area (Å²) >= 11 is 0. The number of methoxy groups -OCH3 is 1. The van der Waals surface area contributed by atoms with E-state index in [0.29, 0.717) is 6.04 Å². The molecular formula is C19H39NO. The van der Waals surface area contributed by atoms with Crippen LogP contribution in [0, 0.1) is 0 Å². The van der Waals surface area contributed by atoms with Crippen molar-refractivity contribution < 1.29 is 4.74 Å². The molecule has 1 atom stereocenters. The average Bonchev–Trinajstić information content (AvgIpc) is 2.53. The first-order chi connectivity index (χ1) is 10.3. The summed E-state index contributed by atoms with van der Waals surface area (Å²) in [5.41, 5.74) is 0.121. The minimum atomic E-state index is 0.121. The Bertz CT molecular complexity index is 236. The van der Waals surface area contributed by atoms with Gasteiger partial charge >= 0.3 is 0 Å². The van der Waals surface area contributed by atoms with Crippen LogP contribution in [0.1, 0.15) is 97.3 Å². The molecule has 1 rings (SSSR count). The zero-order chi connectivity index (χ0) is 15.4. The van der Waals surface area contributed by atoms with Crippen molar-refractivity contribution in [1.29, 1.82) is 0 Å². The molecule has 0 aromatic heterocycles. The van der Waals surface area contributed by atoms with Gasteiger partial charge in [-0.25, -0.2) is 0 Å². The molecule has 0 aliphatic heterocycles. The first kappa shape index (κ1) is 19.0. The molecule has 0 heterocycles. The van der Waals surface area contributed by atoms with E-state index in [0.717, 1.165) is 6.54 Å². The van der Waals surface area contributed by atoms with Gasteiger partial charge in [-0.1, -0.05) is 78.1 Å². The van der Waals surface area contributed by atoms with Gasteiger partial charge in [0, 0.05) is 13.2 Å². The van der Waals surface area contributed by atoms with Gasteiger partial charge in [-0.2, -0.15) is 0 Å². The number of likely N-dealkylation sites (N-methyl/N-ethyl adjacent to an activating group) is 1. The third-order valence-electron chi connectivity index (χ3n) is 5.29. The maximum atomic E-state index is 6.04. The Hall–Kier alpha value is -0.0800. The topological polar surface area (TPSA) is 21.3 Å². The molecule has 2 nitrogen and oxygen atoms in total. The van der Waals surface area contributed by atoms with Gasteiger partial charge in [-0.05, 0) is 25.8 Å². The van der Waals surface area contributed by atoms with E-state index >= 15 is 0 Å². The van der Waals surface area contributed by atoms with Crippen molar-refractivity contribution >= 4 is 0 Å². The van der Waals surface area contributed by atoms with Crippen LogP contribution in [0.5, 0.6) is 0 Å². The van der Waals surface area contributed by atoms with Crippen LogP contribution in [0.25, 0.3) is 0 Å². The SMILES string of the molecule is CCCCCCCCCC(NCC)C1(OC)CCCCC1. The third-order valence-corrected chi connectivity index (χ3v) is 5.29. The highest BCUT2D eigenvalue weighted by molar-refractivity contribution is 4.95. The van der Waals surface area contributed by atoms with E-state index in [2.05, 4.69) is 19.2 Å². The van der Waals surface area contributed by atoms with Gasteiger partial charge in [-0.3, -0.25) is 0 Å². The van der Waals surface area contributed by atoms with E-state index in [9.17, 15) is 0 Å². The maximum Gasteiger partial charge on any atom is 0.0830 e. The molecule has 2 heteroatoms. The van der Waals surface area contributed by atoms with Crippen LogP contribution in [0.2, 0.25) is 0 Å². The second kappa shape index (κ2) is 11.5. The summed E-state index contributed by atoms with van der Waals surface area (Å²) in [6.07, 6.45) is 17.6. The van der Waals surface area contributed by atoms with Gasteiger partial charge in [0.2, 0.25) is 0 Å². The highest BCUT2D eigenvalue weighted by Gasteiger charge is 2.39. The first-order valence-electron chi connectivity index (χ1n) is 9.57. The summed E-state index contributed by atoms with van der Waals surface area (Å²) in [4.78, 5) is 0. The molecule has 21 heavy (non-hydrogen) atoms. The Balaban J connectivity index is 2.31. The number of unbranched alkanes of at least 4 members (excludes halogenated alkanes) is 6. The van der Waals surface area contributed by atoms with Crippen molar-refractivity contribution in [1.82, 2.24) is 5.32 Å². The van der Waals surface area contributed by atoms with Gasteiger partial charge < -0.3 is 10.1 Å². The Kier molecular flexibility index (Phi) is 10.4. The number of rotatable bonds is 12. The lowest BCUT2D eigenvalue weighted by molar-refractivity contribution is -0.0694. The summed E-state index contributed by atoms with van der Waals surface area (Å²) in [5.74, 6) is 0. The van der Waals surface area contributed by atoms with Gasteiger partial charge in [0.15, 0.2) is 0 Å². The van der Waals surface area contributed by atoms with E-state index in [4.69, 9.17) is 4.74 Å². The summed E-state index contributed by atoms with van der Waals surface area (Å²) in [5, 5.41) is 3.73. The molecule has 0 radical (unpaired) electrons. The van der Waals surface area contributed by atoms with Gasteiger partial charge in [0.1, 0.15) is 0 Å². The van der Waals surface area contributed by atoms with Crippen molar-refractivity contribution in [2.45, 2.75) is 109 Å². The molecule has 0 spiro atoms. The normalized spacial score (nSPS) is 19.6. The Labute approximate surface area is 133 Å². The van der Waals surface area contributed by atoms with E-state index < -0.39 is 0 Å². The van der Waals surface area contributed by atoms with Crippen molar-refractivity contribution in [2.24, 2.45) is 0 Å². The molecule has 126 valence electrons. The Morgan fingerprint density at radius 3 is 2.10 bits per heavy atom. The second-order valence-electron chi connectivity index (χ2n) is 6.85. The van der Waals surface area contributed by atoms with E-state index in [1.165, 1.54) is 83.5 Å². The van der Waals surface area contributed by atoms with Crippen LogP contribution in [0.15, 0.2) is 0 Å². The highest BCUT2D eigenvalue weighted by atomic mass is 16.5. The first-order valence-corrected chi connectivity index (χ1v) is 9.57. The molecule has 1 aliphatic carbocycles. The van der Waals surface area contributed by atoms with Crippen molar-refractivity contribution in [3.63, 3.8) is 0 Å². The monoisotopic (exact) mass is 297 g/mol. The predicted octanol–water partition coefficient (Wildman–Crippen LogP) is 5.45. The number of hydrogen-bond donors (Lipinski definition) is 1. The quantitative estimate of drug-likeness (QED) is 0.483. The van der Waals surface area contributed by atoms with Crippen LogP contribution in [0.4, 0.5) is 0 Å². The number of ether oxygens (including phenoxy) is 1. The third kappa shape index (κ3) is 6.69. The van der Waals surface area contributed by atoms with Gasteiger partial charge in [-0.15, -0.1) is 0 Å². The van der Waals surface area contributed by atoms with Crippen LogP contribution in [-0.2, 0) is 4.74 Å². The van der Waals surface area contributed by atoms with Crippen LogP contribution in [-0.4, -0.2) is 25.3 Å². The molecule has 1 unspecified atom stereocenters. The van der Waals surface area contributed by atoms with Crippen molar-refractivity contribution in [3.05, 3.63) is 0 Å². The molecule has 1 aliphatic rings.